The van der Waals surface area contributed by atoms with Crippen molar-refractivity contribution in [3.05, 3.63) is 35.9 Å². The predicted octanol–water partition coefficient (Wildman–Crippen LogP) is 1.74. The topological polar surface area (TPSA) is 91.0 Å². The number of Topliss-reactive ketones (excluding diaryl/α,β-unsaturated/α-hetero) is 1. The number of ketones is 1. The van der Waals surface area contributed by atoms with Gasteiger partial charge in [0.15, 0.2) is 16.6 Å². The first-order chi connectivity index (χ1) is 10.1. The third-order valence-corrected chi connectivity index (χ3v) is 4.57. The first-order valence-electron chi connectivity index (χ1n) is 6.70. The number of fused-ring (bicyclic) bond motifs is 1. The number of hydrogen-bond donors (Lipinski definition) is 0. The molecule has 0 radical (unpaired) electrons. The number of ether oxygens (including phenoxy) is 1. The van der Waals surface area contributed by atoms with Crippen LogP contribution >= 0.6 is 0 Å². The van der Waals surface area contributed by atoms with E-state index in [1.807, 2.05) is 30.3 Å². The minimum Gasteiger partial charge on any atom is -0.460 e. The van der Waals surface area contributed by atoms with Gasteiger partial charge in [-0.05, 0) is 12.0 Å². The molecule has 2 atom stereocenters. The van der Waals surface area contributed by atoms with Crippen molar-refractivity contribution in [1.29, 1.82) is 10.5 Å². The highest BCUT2D eigenvalue weighted by atomic mass is 16.5. The summed E-state index contributed by atoms with van der Waals surface area (Å²) in [5, 5.41) is 18.5. The molecule has 0 spiro atoms. The molecule has 1 aromatic carbocycles. The van der Waals surface area contributed by atoms with Gasteiger partial charge >= 0.3 is 5.97 Å². The summed E-state index contributed by atoms with van der Waals surface area (Å²) in [6.07, 6.45) is 0.636. The molecule has 3 rings (SSSR count). The lowest BCUT2D eigenvalue weighted by Gasteiger charge is -2.13. The van der Waals surface area contributed by atoms with Crippen molar-refractivity contribution in [2.75, 3.05) is 0 Å². The van der Waals surface area contributed by atoms with Crippen molar-refractivity contribution in [2.24, 2.45) is 16.7 Å². The Kier molecular flexibility index (Phi) is 2.81. The van der Waals surface area contributed by atoms with Crippen LogP contribution in [0.2, 0.25) is 0 Å². The van der Waals surface area contributed by atoms with E-state index in [0.29, 0.717) is 6.42 Å². The maximum Gasteiger partial charge on any atom is 0.323 e. The minimum atomic E-state index is -1.55. The van der Waals surface area contributed by atoms with Crippen LogP contribution in [0.1, 0.15) is 18.4 Å². The summed E-state index contributed by atoms with van der Waals surface area (Å²) in [5.74, 6) is -1.59. The van der Waals surface area contributed by atoms with E-state index in [0.717, 1.165) is 5.56 Å². The molecule has 2 saturated carbocycles. The highest BCUT2D eigenvalue weighted by Gasteiger charge is 2.89. The zero-order chi connectivity index (χ0) is 15.1. The van der Waals surface area contributed by atoms with E-state index in [-0.39, 0.29) is 18.8 Å². The van der Waals surface area contributed by atoms with Gasteiger partial charge in [0.1, 0.15) is 6.61 Å². The van der Waals surface area contributed by atoms with E-state index in [1.54, 1.807) is 12.1 Å². The molecule has 21 heavy (non-hydrogen) atoms. The lowest BCUT2D eigenvalue weighted by atomic mass is 9.89. The van der Waals surface area contributed by atoms with Gasteiger partial charge in [-0.2, -0.15) is 10.5 Å². The van der Waals surface area contributed by atoms with Crippen molar-refractivity contribution < 1.29 is 14.3 Å². The van der Waals surface area contributed by atoms with Crippen molar-refractivity contribution in [1.82, 2.24) is 0 Å². The smallest absolute Gasteiger partial charge is 0.323 e. The number of nitriles is 2. The van der Waals surface area contributed by atoms with Crippen LogP contribution in [0.5, 0.6) is 0 Å². The Labute approximate surface area is 121 Å². The SMILES string of the molecule is N#CC1(C#N)C2CCC(=O)C21C(=O)OCc1ccccc1. The molecule has 2 fully saturated rings. The normalized spacial score (nSPS) is 28.1. The zero-order valence-corrected chi connectivity index (χ0v) is 11.2. The van der Waals surface area contributed by atoms with Gasteiger partial charge in [-0.1, -0.05) is 30.3 Å². The van der Waals surface area contributed by atoms with E-state index in [2.05, 4.69) is 0 Å². The molecule has 2 unspecified atom stereocenters. The summed E-state index contributed by atoms with van der Waals surface area (Å²) in [5.41, 5.74) is -2.29. The number of esters is 1. The van der Waals surface area contributed by atoms with Crippen LogP contribution in [0.25, 0.3) is 0 Å². The van der Waals surface area contributed by atoms with Crippen LogP contribution in [0.4, 0.5) is 0 Å². The van der Waals surface area contributed by atoms with E-state index >= 15 is 0 Å². The molecule has 0 aromatic heterocycles. The molecule has 0 N–H and O–H groups in total. The number of nitrogens with zero attached hydrogens (tertiary/aromatic N) is 2. The Hall–Kier alpha value is -2.66. The Balaban J connectivity index is 1.82. The van der Waals surface area contributed by atoms with E-state index < -0.39 is 22.7 Å². The molecule has 0 heterocycles. The largest absolute Gasteiger partial charge is 0.460 e. The number of hydrogen-bond acceptors (Lipinski definition) is 5. The van der Waals surface area contributed by atoms with Crippen LogP contribution in [0.3, 0.4) is 0 Å². The fourth-order valence-corrected chi connectivity index (χ4v) is 3.48. The summed E-state index contributed by atoms with van der Waals surface area (Å²) in [4.78, 5) is 24.5. The van der Waals surface area contributed by atoms with Gasteiger partial charge < -0.3 is 4.74 Å². The van der Waals surface area contributed by atoms with E-state index in [9.17, 15) is 20.1 Å². The minimum absolute atomic E-state index is 0.0361. The molecule has 0 amide bonds. The summed E-state index contributed by atoms with van der Waals surface area (Å²) < 4.78 is 5.22. The summed E-state index contributed by atoms with van der Waals surface area (Å²) in [7, 11) is 0. The molecule has 5 heteroatoms. The van der Waals surface area contributed by atoms with Gasteiger partial charge in [-0.25, -0.2) is 0 Å². The maximum atomic E-state index is 12.4. The lowest BCUT2D eigenvalue weighted by Crippen LogP contribution is -2.32. The fourth-order valence-electron chi connectivity index (χ4n) is 3.48. The van der Waals surface area contributed by atoms with Crippen molar-refractivity contribution in [3.63, 3.8) is 0 Å². The van der Waals surface area contributed by atoms with Gasteiger partial charge in [0, 0.05) is 12.3 Å². The Morgan fingerprint density at radius 3 is 2.52 bits per heavy atom. The highest BCUT2D eigenvalue weighted by molar-refractivity contribution is 6.12. The zero-order valence-electron chi connectivity index (χ0n) is 11.2. The highest BCUT2D eigenvalue weighted by Crippen LogP contribution is 2.75. The standard InChI is InChI=1S/C16H12N2O3/c17-9-15(10-18)12-6-7-13(19)16(12,15)14(20)21-8-11-4-2-1-3-5-11/h1-5,12H,6-8H2. The number of benzene rings is 1. The first-order valence-corrected chi connectivity index (χ1v) is 6.70. The molecule has 2 aliphatic rings. The second kappa shape index (κ2) is 4.43. The average molecular weight is 280 g/mol. The van der Waals surface area contributed by atoms with Crippen molar-refractivity contribution in [3.8, 4) is 12.1 Å². The van der Waals surface area contributed by atoms with Crippen LogP contribution in [-0.4, -0.2) is 11.8 Å². The lowest BCUT2D eigenvalue weighted by molar-refractivity contribution is -0.155. The van der Waals surface area contributed by atoms with Gasteiger partial charge in [-0.3, -0.25) is 9.59 Å². The van der Waals surface area contributed by atoms with Gasteiger partial charge in [0.2, 0.25) is 0 Å². The fraction of sp³-hybridized carbons (Fsp3) is 0.375. The Bertz CT molecular complexity index is 684. The molecule has 0 aliphatic heterocycles. The van der Waals surface area contributed by atoms with E-state index in [4.69, 9.17) is 4.74 Å². The molecular weight excluding hydrogens is 268 g/mol. The van der Waals surface area contributed by atoms with Crippen LogP contribution in [0.15, 0.2) is 30.3 Å². The maximum absolute atomic E-state index is 12.4. The molecular formula is C16H12N2O3. The van der Waals surface area contributed by atoms with E-state index in [1.165, 1.54) is 0 Å². The van der Waals surface area contributed by atoms with Crippen molar-refractivity contribution in [2.45, 2.75) is 19.4 Å². The quantitative estimate of drug-likeness (QED) is 0.621. The summed E-state index contributed by atoms with van der Waals surface area (Å²) in [6, 6.07) is 12.8. The van der Waals surface area contributed by atoms with Gasteiger partial charge in [0.05, 0.1) is 12.1 Å². The van der Waals surface area contributed by atoms with Crippen LogP contribution < -0.4 is 0 Å². The second-order valence-corrected chi connectivity index (χ2v) is 5.42. The molecule has 104 valence electrons. The van der Waals surface area contributed by atoms with Crippen LogP contribution in [0, 0.1) is 39.4 Å². The third-order valence-electron chi connectivity index (χ3n) is 4.57. The number of carbonyl (C=O) groups is 2. The molecule has 0 bridgehead atoms. The monoisotopic (exact) mass is 280 g/mol. The molecule has 0 saturated heterocycles. The Morgan fingerprint density at radius 1 is 1.29 bits per heavy atom. The van der Waals surface area contributed by atoms with Crippen LogP contribution in [-0.2, 0) is 20.9 Å². The van der Waals surface area contributed by atoms with Crippen molar-refractivity contribution >= 4 is 11.8 Å². The number of carbonyl (C=O) groups excluding carboxylic acids is 2. The predicted molar refractivity (Wildman–Crippen MR) is 70.1 cm³/mol. The first kappa shape index (κ1) is 13.3. The molecule has 5 nitrogen and oxygen atoms in total. The summed E-state index contributed by atoms with van der Waals surface area (Å²) >= 11 is 0. The average Bonchev–Trinajstić information content (AvgIpc) is 2.98. The Morgan fingerprint density at radius 2 is 1.95 bits per heavy atom. The second-order valence-electron chi connectivity index (χ2n) is 5.42. The van der Waals surface area contributed by atoms with Gasteiger partial charge in [-0.15, -0.1) is 0 Å². The third kappa shape index (κ3) is 1.49. The van der Waals surface area contributed by atoms with Gasteiger partial charge in [0.25, 0.3) is 0 Å². The summed E-state index contributed by atoms with van der Waals surface area (Å²) in [6.45, 7) is 0.0361. The number of rotatable bonds is 3. The molecule has 1 aromatic rings. The molecule has 2 aliphatic carbocycles.